The first-order valence-electron chi connectivity index (χ1n) is 7.13. The van der Waals surface area contributed by atoms with E-state index in [1.54, 1.807) is 11.3 Å². The van der Waals surface area contributed by atoms with Gasteiger partial charge < -0.3 is 15.1 Å². The van der Waals surface area contributed by atoms with Crippen molar-refractivity contribution in [3.63, 3.8) is 0 Å². The van der Waals surface area contributed by atoms with E-state index in [9.17, 15) is 4.79 Å². The van der Waals surface area contributed by atoms with Crippen molar-refractivity contribution in [2.24, 2.45) is 0 Å². The van der Waals surface area contributed by atoms with E-state index in [2.05, 4.69) is 27.7 Å². The minimum atomic E-state index is 0.253. The van der Waals surface area contributed by atoms with Gasteiger partial charge >= 0.3 is 6.03 Å². The van der Waals surface area contributed by atoms with Gasteiger partial charge in [0.1, 0.15) is 0 Å². The Labute approximate surface area is 118 Å². The van der Waals surface area contributed by atoms with Gasteiger partial charge in [-0.15, -0.1) is 11.3 Å². The molecule has 0 aromatic carbocycles. The molecule has 2 amide bonds. The van der Waals surface area contributed by atoms with E-state index in [-0.39, 0.29) is 6.03 Å². The Morgan fingerprint density at radius 1 is 1.32 bits per heavy atom. The molecule has 0 bridgehead atoms. The monoisotopic (exact) mass is 279 g/mol. The van der Waals surface area contributed by atoms with Gasteiger partial charge in [0.25, 0.3) is 0 Å². The topological polar surface area (TPSA) is 35.6 Å². The lowest BCUT2D eigenvalue weighted by molar-refractivity contribution is 0.166. The number of nitrogens with zero attached hydrogens (tertiary/aromatic N) is 2. The Morgan fingerprint density at radius 2 is 2.16 bits per heavy atom. The van der Waals surface area contributed by atoms with Gasteiger partial charge in [0.05, 0.1) is 0 Å². The second-order valence-electron chi connectivity index (χ2n) is 5.27. The van der Waals surface area contributed by atoms with Crippen LogP contribution < -0.4 is 5.32 Å². The van der Waals surface area contributed by atoms with Gasteiger partial charge in [-0.25, -0.2) is 4.79 Å². The molecule has 3 rings (SSSR count). The third kappa shape index (κ3) is 2.92. The maximum Gasteiger partial charge on any atom is 0.320 e. The fourth-order valence-electron chi connectivity index (χ4n) is 2.97. The maximum absolute atomic E-state index is 12.4. The molecule has 104 valence electrons. The van der Waals surface area contributed by atoms with Crippen molar-refractivity contribution in [1.29, 1.82) is 0 Å². The fraction of sp³-hybridized carbons (Fsp3) is 0.643. The molecule has 3 heterocycles. The first kappa shape index (κ1) is 12.9. The van der Waals surface area contributed by atoms with Gasteiger partial charge in [0.15, 0.2) is 0 Å². The highest BCUT2D eigenvalue weighted by Crippen LogP contribution is 2.19. The quantitative estimate of drug-likeness (QED) is 0.912. The summed E-state index contributed by atoms with van der Waals surface area (Å²) in [4.78, 5) is 17.9. The van der Waals surface area contributed by atoms with Gasteiger partial charge in [-0.3, -0.25) is 0 Å². The normalized spacial score (nSPS) is 21.4. The summed E-state index contributed by atoms with van der Waals surface area (Å²) in [5.41, 5.74) is 0. The van der Waals surface area contributed by atoms with E-state index in [4.69, 9.17) is 0 Å². The van der Waals surface area contributed by atoms with Crippen LogP contribution in [0, 0.1) is 0 Å². The molecule has 2 aliphatic heterocycles. The summed E-state index contributed by atoms with van der Waals surface area (Å²) in [6, 6.07) is 4.94. The molecule has 0 radical (unpaired) electrons. The highest BCUT2D eigenvalue weighted by atomic mass is 32.1. The number of piperidine rings is 1. The third-order valence-electron chi connectivity index (χ3n) is 4.08. The van der Waals surface area contributed by atoms with E-state index < -0.39 is 0 Å². The molecule has 2 saturated heterocycles. The molecule has 2 aliphatic rings. The molecule has 0 saturated carbocycles. The molecule has 0 spiro atoms. The molecular weight excluding hydrogens is 258 g/mol. The SMILES string of the molecule is O=C1N(CCc2cccs2)CCN1C1CCNCC1. The van der Waals surface area contributed by atoms with Crippen LogP contribution in [0.3, 0.4) is 0 Å². The van der Waals surface area contributed by atoms with E-state index >= 15 is 0 Å². The number of nitrogens with one attached hydrogen (secondary N) is 1. The molecule has 2 fully saturated rings. The van der Waals surface area contributed by atoms with E-state index in [1.807, 2.05) is 4.90 Å². The van der Waals surface area contributed by atoms with Crippen LogP contribution >= 0.6 is 11.3 Å². The minimum Gasteiger partial charge on any atom is -0.323 e. The zero-order valence-electron chi connectivity index (χ0n) is 11.2. The molecule has 0 aliphatic carbocycles. The van der Waals surface area contributed by atoms with Crippen LogP contribution in [0.1, 0.15) is 17.7 Å². The number of hydrogen-bond donors (Lipinski definition) is 1. The van der Waals surface area contributed by atoms with Crippen molar-refractivity contribution >= 4 is 17.4 Å². The standard InChI is InChI=1S/C14H21N3OS/c18-14-16(8-5-13-2-1-11-19-13)9-10-17(14)12-3-6-15-7-4-12/h1-2,11-12,15H,3-10H2. The number of carbonyl (C=O) groups is 1. The molecule has 19 heavy (non-hydrogen) atoms. The van der Waals surface area contributed by atoms with Gasteiger partial charge in [-0.05, 0) is 43.8 Å². The summed E-state index contributed by atoms with van der Waals surface area (Å²) in [5, 5.41) is 5.46. The van der Waals surface area contributed by atoms with E-state index in [0.29, 0.717) is 6.04 Å². The molecule has 1 N–H and O–H groups in total. The molecule has 1 aromatic rings. The summed E-state index contributed by atoms with van der Waals surface area (Å²) in [6.07, 6.45) is 3.19. The Kier molecular flexibility index (Phi) is 4.03. The van der Waals surface area contributed by atoms with Crippen LogP contribution in [0.25, 0.3) is 0 Å². The summed E-state index contributed by atoms with van der Waals surface area (Å²) >= 11 is 1.78. The van der Waals surface area contributed by atoms with Crippen LogP contribution in [0.2, 0.25) is 0 Å². The lowest BCUT2D eigenvalue weighted by Gasteiger charge is -2.31. The Hall–Kier alpha value is -1.07. The largest absolute Gasteiger partial charge is 0.323 e. The molecule has 4 nitrogen and oxygen atoms in total. The average Bonchev–Trinajstić information content (AvgIpc) is 3.07. The van der Waals surface area contributed by atoms with Gasteiger partial charge in [-0.1, -0.05) is 6.07 Å². The van der Waals surface area contributed by atoms with E-state index in [1.165, 1.54) is 4.88 Å². The van der Waals surface area contributed by atoms with Crippen LogP contribution in [-0.4, -0.2) is 54.6 Å². The van der Waals surface area contributed by atoms with Gasteiger partial charge in [-0.2, -0.15) is 0 Å². The van der Waals surface area contributed by atoms with Crippen molar-refractivity contribution < 1.29 is 4.79 Å². The lowest BCUT2D eigenvalue weighted by Crippen LogP contribution is -2.45. The van der Waals surface area contributed by atoms with Crippen molar-refractivity contribution in [2.75, 3.05) is 32.7 Å². The van der Waals surface area contributed by atoms with Crippen molar-refractivity contribution in [3.05, 3.63) is 22.4 Å². The highest BCUT2D eigenvalue weighted by molar-refractivity contribution is 7.09. The number of rotatable bonds is 4. The highest BCUT2D eigenvalue weighted by Gasteiger charge is 2.33. The van der Waals surface area contributed by atoms with Crippen molar-refractivity contribution in [1.82, 2.24) is 15.1 Å². The van der Waals surface area contributed by atoms with Gasteiger partial charge in [0, 0.05) is 30.6 Å². The molecule has 0 unspecified atom stereocenters. The zero-order chi connectivity index (χ0) is 13.1. The maximum atomic E-state index is 12.4. The number of hydrogen-bond acceptors (Lipinski definition) is 3. The third-order valence-corrected chi connectivity index (χ3v) is 5.02. The minimum absolute atomic E-state index is 0.253. The smallest absolute Gasteiger partial charge is 0.320 e. The molecule has 5 heteroatoms. The fourth-order valence-corrected chi connectivity index (χ4v) is 3.66. The van der Waals surface area contributed by atoms with Crippen LogP contribution in [0.5, 0.6) is 0 Å². The molecule has 0 atom stereocenters. The van der Waals surface area contributed by atoms with Crippen LogP contribution in [0.4, 0.5) is 4.79 Å². The van der Waals surface area contributed by atoms with Gasteiger partial charge in [0.2, 0.25) is 0 Å². The zero-order valence-corrected chi connectivity index (χ0v) is 12.0. The van der Waals surface area contributed by atoms with E-state index in [0.717, 1.165) is 52.0 Å². The predicted molar refractivity (Wildman–Crippen MR) is 77.6 cm³/mol. The Balaban J connectivity index is 1.53. The Bertz CT molecular complexity index is 414. The summed E-state index contributed by atoms with van der Waals surface area (Å²) in [7, 11) is 0. The molecular formula is C14H21N3OS. The number of carbonyl (C=O) groups excluding carboxylic acids is 1. The number of amides is 2. The van der Waals surface area contributed by atoms with Crippen molar-refractivity contribution in [3.8, 4) is 0 Å². The number of urea groups is 1. The summed E-state index contributed by atoms with van der Waals surface area (Å²) in [6.45, 7) is 4.76. The second kappa shape index (κ2) is 5.92. The Morgan fingerprint density at radius 3 is 2.89 bits per heavy atom. The molecule has 1 aromatic heterocycles. The predicted octanol–water partition coefficient (Wildman–Crippen LogP) is 1.78. The second-order valence-corrected chi connectivity index (χ2v) is 6.31. The summed E-state index contributed by atoms with van der Waals surface area (Å²) in [5.74, 6) is 0. The first-order chi connectivity index (χ1) is 9.34. The lowest BCUT2D eigenvalue weighted by atomic mass is 10.1. The van der Waals surface area contributed by atoms with Crippen LogP contribution in [-0.2, 0) is 6.42 Å². The van der Waals surface area contributed by atoms with Crippen LogP contribution in [0.15, 0.2) is 17.5 Å². The number of thiophene rings is 1. The van der Waals surface area contributed by atoms with Crippen molar-refractivity contribution in [2.45, 2.75) is 25.3 Å². The average molecular weight is 279 g/mol. The summed E-state index contributed by atoms with van der Waals surface area (Å²) < 4.78 is 0. The first-order valence-corrected chi connectivity index (χ1v) is 8.01.